The van der Waals surface area contributed by atoms with Crippen molar-refractivity contribution in [3.8, 4) is 11.5 Å². The molecule has 0 saturated carbocycles. The summed E-state index contributed by atoms with van der Waals surface area (Å²) in [5, 5.41) is 3.30. The second-order valence-electron chi connectivity index (χ2n) is 4.71. The fraction of sp³-hybridized carbons (Fsp3) is 0.294. The van der Waals surface area contributed by atoms with Gasteiger partial charge >= 0.3 is 0 Å². The third kappa shape index (κ3) is 4.20. The van der Waals surface area contributed by atoms with Crippen LogP contribution in [0.1, 0.15) is 11.1 Å². The topological polar surface area (TPSA) is 30.5 Å². The number of hydrogen-bond acceptors (Lipinski definition) is 3. The maximum Gasteiger partial charge on any atom is 0.165 e. The zero-order valence-electron chi connectivity index (χ0n) is 12.4. The van der Waals surface area contributed by atoms with Crippen LogP contribution in [0.15, 0.2) is 42.5 Å². The fourth-order valence-corrected chi connectivity index (χ4v) is 2.19. The number of methoxy groups -OCH3 is 2. The maximum atomic E-state index is 13.6. The highest BCUT2D eigenvalue weighted by Gasteiger charge is 2.04. The second-order valence-corrected chi connectivity index (χ2v) is 4.71. The summed E-state index contributed by atoms with van der Waals surface area (Å²) in [5.74, 6) is 0.837. The van der Waals surface area contributed by atoms with Crippen LogP contribution in [0.25, 0.3) is 0 Å². The van der Waals surface area contributed by atoms with Crippen molar-refractivity contribution in [3.05, 3.63) is 59.4 Å². The number of para-hydroxylation sites is 1. The van der Waals surface area contributed by atoms with Crippen LogP contribution in [0.2, 0.25) is 0 Å². The minimum atomic E-state index is -0.332. The number of nitrogens with one attached hydrogen (secondary N) is 1. The van der Waals surface area contributed by atoms with Crippen molar-refractivity contribution in [1.29, 1.82) is 0 Å². The first-order chi connectivity index (χ1) is 10.2. The summed E-state index contributed by atoms with van der Waals surface area (Å²) in [4.78, 5) is 0. The van der Waals surface area contributed by atoms with Gasteiger partial charge in [-0.05, 0) is 42.3 Å². The molecule has 0 heterocycles. The molecule has 0 unspecified atom stereocenters. The van der Waals surface area contributed by atoms with Crippen LogP contribution in [0.4, 0.5) is 4.39 Å². The summed E-state index contributed by atoms with van der Waals surface area (Å²) >= 11 is 0. The Labute approximate surface area is 124 Å². The molecule has 0 spiro atoms. The fourth-order valence-electron chi connectivity index (χ4n) is 2.19. The molecule has 0 saturated heterocycles. The molecule has 1 N–H and O–H groups in total. The quantitative estimate of drug-likeness (QED) is 0.794. The largest absolute Gasteiger partial charge is 0.496 e. The van der Waals surface area contributed by atoms with Crippen molar-refractivity contribution >= 4 is 0 Å². The molecule has 2 rings (SSSR count). The molecule has 0 radical (unpaired) electrons. The van der Waals surface area contributed by atoms with E-state index in [9.17, 15) is 4.39 Å². The number of halogens is 1. The van der Waals surface area contributed by atoms with E-state index in [2.05, 4.69) is 5.32 Å². The van der Waals surface area contributed by atoms with Crippen molar-refractivity contribution < 1.29 is 13.9 Å². The molecule has 4 heteroatoms. The Bertz CT molecular complexity index is 587. The zero-order chi connectivity index (χ0) is 15.1. The Morgan fingerprint density at radius 2 is 1.76 bits per heavy atom. The predicted octanol–water partition coefficient (Wildman–Crippen LogP) is 3.18. The SMILES string of the molecule is COc1ccc(CNCCc2ccccc2OC)cc1F. The molecule has 0 bridgehead atoms. The van der Waals surface area contributed by atoms with Gasteiger partial charge in [0.2, 0.25) is 0 Å². The summed E-state index contributed by atoms with van der Waals surface area (Å²) in [7, 11) is 3.13. The van der Waals surface area contributed by atoms with E-state index in [1.165, 1.54) is 13.2 Å². The van der Waals surface area contributed by atoms with Gasteiger partial charge in [0.25, 0.3) is 0 Å². The first kappa shape index (κ1) is 15.3. The molecule has 2 aromatic rings. The van der Waals surface area contributed by atoms with E-state index in [4.69, 9.17) is 9.47 Å². The molecule has 0 atom stereocenters. The number of hydrogen-bond donors (Lipinski definition) is 1. The van der Waals surface area contributed by atoms with Gasteiger partial charge in [0.15, 0.2) is 11.6 Å². The highest BCUT2D eigenvalue weighted by molar-refractivity contribution is 5.33. The lowest BCUT2D eigenvalue weighted by molar-refractivity contribution is 0.386. The van der Waals surface area contributed by atoms with E-state index in [-0.39, 0.29) is 11.6 Å². The van der Waals surface area contributed by atoms with Gasteiger partial charge in [0.1, 0.15) is 5.75 Å². The first-order valence-corrected chi connectivity index (χ1v) is 6.89. The summed E-state index contributed by atoms with van der Waals surface area (Å²) in [6, 6.07) is 13.0. The molecule has 0 aliphatic heterocycles. The average Bonchev–Trinajstić information content (AvgIpc) is 2.52. The lowest BCUT2D eigenvalue weighted by Crippen LogP contribution is -2.17. The third-order valence-corrected chi connectivity index (χ3v) is 3.31. The van der Waals surface area contributed by atoms with Crippen LogP contribution >= 0.6 is 0 Å². The number of rotatable bonds is 7. The summed E-state index contributed by atoms with van der Waals surface area (Å²) < 4.78 is 23.8. The van der Waals surface area contributed by atoms with Gasteiger partial charge in [-0.2, -0.15) is 0 Å². The molecule has 0 aliphatic carbocycles. The smallest absolute Gasteiger partial charge is 0.165 e. The van der Waals surface area contributed by atoms with E-state index in [0.717, 1.165) is 29.8 Å². The van der Waals surface area contributed by atoms with Crippen LogP contribution in [-0.2, 0) is 13.0 Å². The molecule has 112 valence electrons. The molecule has 21 heavy (non-hydrogen) atoms. The van der Waals surface area contributed by atoms with Gasteiger partial charge in [-0.3, -0.25) is 0 Å². The molecule has 3 nitrogen and oxygen atoms in total. The molecule has 0 amide bonds. The average molecular weight is 289 g/mol. The van der Waals surface area contributed by atoms with Gasteiger partial charge in [-0.1, -0.05) is 24.3 Å². The molecule has 0 aromatic heterocycles. The third-order valence-electron chi connectivity index (χ3n) is 3.31. The second kappa shape index (κ2) is 7.64. The molecule has 0 fully saturated rings. The van der Waals surface area contributed by atoms with Crippen LogP contribution in [0.3, 0.4) is 0 Å². The molecular weight excluding hydrogens is 269 g/mol. The number of benzene rings is 2. The Hall–Kier alpha value is -2.07. The van der Waals surface area contributed by atoms with Gasteiger partial charge in [-0.15, -0.1) is 0 Å². The minimum Gasteiger partial charge on any atom is -0.496 e. The monoisotopic (exact) mass is 289 g/mol. The lowest BCUT2D eigenvalue weighted by Gasteiger charge is -2.09. The Morgan fingerprint density at radius 1 is 1.00 bits per heavy atom. The van der Waals surface area contributed by atoms with Gasteiger partial charge < -0.3 is 14.8 Å². The van der Waals surface area contributed by atoms with E-state index in [1.54, 1.807) is 13.2 Å². The predicted molar refractivity (Wildman–Crippen MR) is 81.4 cm³/mol. The van der Waals surface area contributed by atoms with E-state index < -0.39 is 0 Å². The van der Waals surface area contributed by atoms with Crippen molar-refractivity contribution in [1.82, 2.24) is 5.32 Å². The van der Waals surface area contributed by atoms with E-state index in [1.807, 2.05) is 30.3 Å². The normalized spacial score (nSPS) is 10.4. The van der Waals surface area contributed by atoms with Crippen LogP contribution in [0, 0.1) is 5.82 Å². The van der Waals surface area contributed by atoms with Crippen LogP contribution in [-0.4, -0.2) is 20.8 Å². The van der Waals surface area contributed by atoms with Crippen LogP contribution in [0.5, 0.6) is 11.5 Å². The molecule has 2 aromatic carbocycles. The van der Waals surface area contributed by atoms with Crippen LogP contribution < -0.4 is 14.8 Å². The highest BCUT2D eigenvalue weighted by Crippen LogP contribution is 2.18. The lowest BCUT2D eigenvalue weighted by atomic mass is 10.1. The first-order valence-electron chi connectivity index (χ1n) is 6.89. The van der Waals surface area contributed by atoms with Crippen molar-refractivity contribution in [3.63, 3.8) is 0 Å². The van der Waals surface area contributed by atoms with Gasteiger partial charge in [0, 0.05) is 6.54 Å². The van der Waals surface area contributed by atoms with Crippen molar-refractivity contribution in [2.75, 3.05) is 20.8 Å². The van der Waals surface area contributed by atoms with E-state index >= 15 is 0 Å². The zero-order valence-corrected chi connectivity index (χ0v) is 12.4. The van der Waals surface area contributed by atoms with Gasteiger partial charge in [-0.25, -0.2) is 4.39 Å². The summed E-state index contributed by atoms with van der Waals surface area (Å²) in [6.45, 7) is 1.42. The van der Waals surface area contributed by atoms with Crippen molar-refractivity contribution in [2.45, 2.75) is 13.0 Å². The standard InChI is InChI=1S/C17H20FNO2/c1-20-16-6-4-3-5-14(16)9-10-19-12-13-7-8-17(21-2)15(18)11-13/h3-8,11,19H,9-10,12H2,1-2H3. The van der Waals surface area contributed by atoms with Gasteiger partial charge in [0.05, 0.1) is 14.2 Å². The Morgan fingerprint density at radius 3 is 2.48 bits per heavy atom. The van der Waals surface area contributed by atoms with Crippen molar-refractivity contribution in [2.24, 2.45) is 0 Å². The molecule has 0 aliphatic rings. The maximum absolute atomic E-state index is 13.6. The summed E-state index contributed by atoms with van der Waals surface area (Å²) in [6.07, 6.45) is 0.864. The highest BCUT2D eigenvalue weighted by atomic mass is 19.1. The molecular formula is C17H20FNO2. The summed E-state index contributed by atoms with van der Waals surface area (Å²) in [5.41, 5.74) is 2.06. The Kier molecular flexibility index (Phi) is 5.58. The van der Waals surface area contributed by atoms with E-state index in [0.29, 0.717) is 6.54 Å². The minimum absolute atomic E-state index is 0.271. The Balaban J connectivity index is 1.83. The number of ether oxygens (including phenoxy) is 2.